The monoisotopic (exact) mass is 236 g/mol. The molecule has 4 nitrogen and oxygen atoms in total. The lowest BCUT2D eigenvalue weighted by molar-refractivity contribution is 0.847. The summed E-state index contributed by atoms with van der Waals surface area (Å²) in [5, 5.41) is 8.01. The van der Waals surface area contributed by atoms with Crippen LogP contribution in [0.2, 0.25) is 0 Å². The highest BCUT2D eigenvalue weighted by Crippen LogP contribution is 2.15. The van der Waals surface area contributed by atoms with Crippen LogP contribution in [0.4, 0.5) is 0 Å². The predicted molar refractivity (Wildman–Crippen MR) is 63.5 cm³/mol. The van der Waals surface area contributed by atoms with Crippen molar-refractivity contribution in [2.45, 2.75) is 19.3 Å². The Morgan fingerprint density at radius 2 is 1.81 bits per heavy atom. The van der Waals surface area contributed by atoms with E-state index in [1.165, 1.54) is 5.56 Å². The van der Waals surface area contributed by atoms with E-state index in [-0.39, 0.29) is 0 Å². The summed E-state index contributed by atoms with van der Waals surface area (Å²) < 4.78 is 1.90. The first-order valence-electron chi connectivity index (χ1n) is 5.02. The van der Waals surface area contributed by atoms with Crippen LogP contribution in [0.1, 0.15) is 17.2 Å². The molecule has 0 atom stereocenters. The standard InChI is InChI=1S/C11H13ClN4/c1-8-2-4-9(5-3-8)16-10(6-12)14-15-11(16)7-13/h2-5H,6-7,13H2,1H3. The fourth-order valence-corrected chi connectivity index (χ4v) is 1.74. The molecule has 16 heavy (non-hydrogen) atoms. The molecule has 0 amide bonds. The zero-order valence-electron chi connectivity index (χ0n) is 9.02. The lowest BCUT2D eigenvalue weighted by Crippen LogP contribution is -2.08. The molecule has 0 aliphatic heterocycles. The number of hydrogen-bond donors (Lipinski definition) is 1. The van der Waals surface area contributed by atoms with Crippen molar-refractivity contribution in [3.63, 3.8) is 0 Å². The van der Waals surface area contributed by atoms with Gasteiger partial charge in [0, 0.05) is 5.69 Å². The zero-order valence-corrected chi connectivity index (χ0v) is 9.78. The van der Waals surface area contributed by atoms with Gasteiger partial charge in [0.25, 0.3) is 0 Å². The first-order valence-corrected chi connectivity index (χ1v) is 5.56. The van der Waals surface area contributed by atoms with Crippen molar-refractivity contribution >= 4 is 11.6 Å². The maximum atomic E-state index is 5.82. The Kier molecular flexibility index (Phi) is 3.22. The minimum Gasteiger partial charge on any atom is -0.324 e. The molecule has 0 fully saturated rings. The van der Waals surface area contributed by atoms with E-state index in [2.05, 4.69) is 10.2 Å². The Hall–Kier alpha value is -1.39. The number of nitrogens with two attached hydrogens (primary N) is 1. The van der Waals surface area contributed by atoms with Gasteiger partial charge in [-0.25, -0.2) is 0 Å². The van der Waals surface area contributed by atoms with E-state index in [0.29, 0.717) is 18.2 Å². The highest BCUT2D eigenvalue weighted by atomic mass is 35.5. The van der Waals surface area contributed by atoms with Crippen molar-refractivity contribution in [3.8, 4) is 5.69 Å². The number of nitrogens with zero attached hydrogens (tertiary/aromatic N) is 3. The molecular weight excluding hydrogens is 224 g/mol. The number of hydrogen-bond acceptors (Lipinski definition) is 3. The molecule has 0 saturated carbocycles. The number of benzene rings is 1. The highest BCUT2D eigenvalue weighted by Gasteiger charge is 2.11. The molecule has 1 aromatic carbocycles. The molecule has 2 rings (SSSR count). The van der Waals surface area contributed by atoms with Gasteiger partial charge in [0.2, 0.25) is 0 Å². The molecule has 0 aliphatic rings. The highest BCUT2D eigenvalue weighted by molar-refractivity contribution is 6.16. The molecule has 0 aliphatic carbocycles. The van der Waals surface area contributed by atoms with Gasteiger partial charge in [-0.3, -0.25) is 4.57 Å². The normalized spacial score (nSPS) is 10.7. The van der Waals surface area contributed by atoms with Crippen LogP contribution in [0, 0.1) is 6.92 Å². The summed E-state index contributed by atoms with van der Waals surface area (Å²) in [6, 6.07) is 8.09. The summed E-state index contributed by atoms with van der Waals surface area (Å²) in [6.45, 7) is 2.39. The van der Waals surface area contributed by atoms with Gasteiger partial charge in [-0.15, -0.1) is 21.8 Å². The second kappa shape index (κ2) is 4.63. The van der Waals surface area contributed by atoms with Crippen LogP contribution in [-0.2, 0) is 12.4 Å². The van der Waals surface area contributed by atoms with Crippen LogP contribution >= 0.6 is 11.6 Å². The van der Waals surface area contributed by atoms with E-state index in [4.69, 9.17) is 17.3 Å². The fraction of sp³-hybridized carbons (Fsp3) is 0.273. The third-order valence-corrected chi connectivity index (χ3v) is 2.63. The topological polar surface area (TPSA) is 56.7 Å². The van der Waals surface area contributed by atoms with Crippen LogP contribution in [0.25, 0.3) is 5.69 Å². The van der Waals surface area contributed by atoms with Crippen LogP contribution in [0.5, 0.6) is 0 Å². The summed E-state index contributed by atoms with van der Waals surface area (Å²) in [5.41, 5.74) is 7.82. The average Bonchev–Trinajstić information content (AvgIpc) is 2.73. The van der Waals surface area contributed by atoms with Gasteiger partial charge in [-0.05, 0) is 19.1 Å². The number of rotatable bonds is 3. The minimum absolute atomic E-state index is 0.320. The maximum Gasteiger partial charge on any atom is 0.152 e. The Labute approximate surface area is 99.1 Å². The van der Waals surface area contributed by atoms with Gasteiger partial charge in [0.1, 0.15) is 0 Å². The van der Waals surface area contributed by atoms with Gasteiger partial charge >= 0.3 is 0 Å². The predicted octanol–water partition coefficient (Wildman–Crippen LogP) is 1.77. The first-order chi connectivity index (χ1) is 7.76. The summed E-state index contributed by atoms with van der Waals surface area (Å²) in [6.07, 6.45) is 0. The van der Waals surface area contributed by atoms with Gasteiger partial charge < -0.3 is 5.73 Å². The lowest BCUT2D eigenvalue weighted by atomic mass is 10.2. The molecule has 1 heterocycles. The fourth-order valence-electron chi connectivity index (χ4n) is 1.56. The Morgan fingerprint density at radius 3 is 2.38 bits per heavy atom. The van der Waals surface area contributed by atoms with Gasteiger partial charge in [0.15, 0.2) is 11.6 Å². The van der Waals surface area contributed by atoms with E-state index in [1.54, 1.807) is 0 Å². The summed E-state index contributed by atoms with van der Waals surface area (Å²) in [7, 11) is 0. The van der Waals surface area contributed by atoms with Crippen LogP contribution in [-0.4, -0.2) is 14.8 Å². The van der Waals surface area contributed by atoms with E-state index in [9.17, 15) is 0 Å². The number of halogens is 1. The van der Waals surface area contributed by atoms with Crippen molar-refractivity contribution in [1.29, 1.82) is 0 Å². The zero-order chi connectivity index (χ0) is 11.5. The number of alkyl halides is 1. The maximum absolute atomic E-state index is 5.82. The minimum atomic E-state index is 0.320. The van der Waals surface area contributed by atoms with Gasteiger partial charge in [0.05, 0.1) is 12.4 Å². The largest absolute Gasteiger partial charge is 0.324 e. The summed E-state index contributed by atoms with van der Waals surface area (Å²) >= 11 is 5.82. The molecule has 0 bridgehead atoms. The molecule has 0 spiro atoms. The SMILES string of the molecule is Cc1ccc(-n2c(CN)nnc2CCl)cc1. The molecule has 5 heteroatoms. The van der Waals surface area contributed by atoms with Crippen molar-refractivity contribution in [2.24, 2.45) is 5.73 Å². The van der Waals surface area contributed by atoms with Crippen LogP contribution in [0.15, 0.2) is 24.3 Å². The van der Waals surface area contributed by atoms with Crippen molar-refractivity contribution in [2.75, 3.05) is 0 Å². The van der Waals surface area contributed by atoms with E-state index in [1.807, 2.05) is 35.8 Å². The smallest absolute Gasteiger partial charge is 0.152 e. The molecule has 84 valence electrons. The summed E-state index contributed by atoms with van der Waals surface area (Å²) in [4.78, 5) is 0. The van der Waals surface area contributed by atoms with E-state index < -0.39 is 0 Å². The lowest BCUT2D eigenvalue weighted by Gasteiger charge is -2.08. The summed E-state index contributed by atoms with van der Waals surface area (Å²) in [5.74, 6) is 1.76. The average molecular weight is 237 g/mol. The number of aryl methyl sites for hydroxylation is 1. The van der Waals surface area contributed by atoms with Crippen molar-refractivity contribution in [1.82, 2.24) is 14.8 Å². The molecule has 0 saturated heterocycles. The van der Waals surface area contributed by atoms with Crippen molar-refractivity contribution in [3.05, 3.63) is 41.5 Å². The van der Waals surface area contributed by atoms with Crippen LogP contribution in [0.3, 0.4) is 0 Å². The molecule has 2 N–H and O–H groups in total. The van der Waals surface area contributed by atoms with E-state index in [0.717, 1.165) is 11.5 Å². The van der Waals surface area contributed by atoms with Crippen molar-refractivity contribution < 1.29 is 0 Å². The number of aromatic nitrogens is 3. The Balaban J connectivity index is 2.52. The third-order valence-electron chi connectivity index (χ3n) is 2.39. The van der Waals surface area contributed by atoms with Gasteiger partial charge in [-0.1, -0.05) is 17.7 Å². The Bertz CT molecular complexity index is 454. The quantitative estimate of drug-likeness (QED) is 0.827. The van der Waals surface area contributed by atoms with E-state index >= 15 is 0 Å². The molecule has 0 unspecified atom stereocenters. The second-order valence-electron chi connectivity index (χ2n) is 3.54. The van der Waals surface area contributed by atoms with Crippen LogP contribution < -0.4 is 5.73 Å². The first kappa shape index (κ1) is 11.1. The molecule has 2 aromatic rings. The molecule has 0 radical (unpaired) electrons. The molecular formula is C11H13ClN4. The second-order valence-corrected chi connectivity index (χ2v) is 3.81. The van der Waals surface area contributed by atoms with Gasteiger partial charge in [-0.2, -0.15) is 0 Å². The Morgan fingerprint density at radius 1 is 1.19 bits per heavy atom. The third kappa shape index (κ3) is 1.94. The molecule has 1 aromatic heterocycles.